The molecule has 0 atom stereocenters. The molecule has 134 valence electrons. The van der Waals surface area contributed by atoms with Crippen LogP contribution in [-0.2, 0) is 24.1 Å². The van der Waals surface area contributed by atoms with Crippen LogP contribution in [0.1, 0.15) is 16.4 Å². The number of hydrogen-bond acceptors (Lipinski definition) is 5. The summed E-state index contributed by atoms with van der Waals surface area (Å²) in [5.74, 6) is 0. The van der Waals surface area contributed by atoms with Crippen LogP contribution in [0.3, 0.4) is 0 Å². The first-order valence-corrected chi connectivity index (χ1v) is 7.32. The minimum atomic E-state index is -4.69. The summed E-state index contributed by atoms with van der Waals surface area (Å²) in [6.07, 6.45) is -8.36. The summed E-state index contributed by atoms with van der Waals surface area (Å²) < 4.78 is 80.9. The van der Waals surface area contributed by atoms with Gasteiger partial charge >= 0.3 is 12.4 Å². The fourth-order valence-electron chi connectivity index (χ4n) is 1.86. The number of aromatic nitrogens is 3. The molecule has 0 amide bonds. The zero-order valence-electron chi connectivity index (χ0n) is 12.2. The van der Waals surface area contributed by atoms with Crippen LogP contribution in [0.2, 0.25) is 0 Å². The Balaban J connectivity index is 2.20. The topological polar surface area (TPSA) is 51.5 Å². The zero-order chi connectivity index (χ0) is 18.0. The van der Waals surface area contributed by atoms with Gasteiger partial charge in [0, 0.05) is 26.3 Å². The van der Waals surface area contributed by atoms with Gasteiger partial charge in [-0.2, -0.15) is 31.4 Å². The van der Waals surface area contributed by atoms with Gasteiger partial charge in [-0.15, -0.1) is 0 Å². The van der Waals surface area contributed by atoms with Crippen molar-refractivity contribution in [1.82, 2.24) is 19.9 Å². The average Bonchev–Trinajstić information content (AvgIpc) is 2.95. The summed E-state index contributed by atoms with van der Waals surface area (Å²) >= 11 is 0.945. The smallest absolute Gasteiger partial charge is 0.377 e. The molecule has 0 spiro atoms. The molecule has 0 radical (unpaired) electrons. The van der Waals surface area contributed by atoms with Crippen LogP contribution in [-0.4, -0.2) is 34.4 Å². The lowest BCUT2D eigenvalue weighted by Gasteiger charge is -2.07. The van der Waals surface area contributed by atoms with E-state index in [0.29, 0.717) is 5.01 Å². The second-order valence-electron chi connectivity index (χ2n) is 4.60. The van der Waals surface area contributed by atoms with Gasteiger partial charge in [0.25, 0.3) is 0 Å². The van der Waals surface area contributed by atoms with Gasteiger partial charge in [0.1, 0.15) is 5.01 Å². The summed E-state index contributed by atoms with van der Waals surface area (Å²) in [5.41, 5.74) is -1.38. The molecule has 12 heteroatoms. The third-order valence-electron chi connectivity index (χ3n) is 2.74. The zero-order valence-corrected chi connectivity index (χ0v) is 13.0. The lowest BCUT2D eigenvalue weighted by Crippen LogP contribution is -2.19. The Kier molecular flexibility index (Phi) is 5.50. The van der Waals surface area contributed by atoms with Gasteiger partial charge in [0.2, 0.25) is 4.96 Å². The Morgan fingerprint density at radius 1 is 1.25 bits per heavy atom. The van der Waals surface area contributed by atoms with E-state index in [1.807, 2.05) is 0 Å². The van der Waals surface area contributed by atoms with Gasteiger partial charge in [0.15, 0.2) is 5.69 Å². The molecule has 5 nitrogen and oxygen atoms in total. The fourth-order valence-corrected chi connectivity index (χ4v) is 2.75. The molecule has 0 bridgehead atoms. The molecule has 2 aromatic heterocycles. The van der Waals surface area contributed by atoms with Gasteiger partial charge in [-0.25, -0.2) is 9.50 Å². The Morgan fingerprint density at radius 2 is 1.96 bits per heavy atom. The van der Waals surface area contributed by atoms with E-state index in [0.717, 1.165) is 21.9 Å². The minimum absolute atomic E-state index is 0.0101. The molecule has 0 aliphatic carbocycles. The van der Waals surface area contributed by atoms with Crippen molar-refractivity contribution in [2.45, 2.75) is 25.5 Å². The molecule has 0 aromatic carbocycles. The van der Waals surface area contributed by atoms with E-state index in [1.165, 1.54) is 7.11 Å². The number of imidazole rings is 1. The largest absolute Gasteiger partial charge is 0.435 e. The van der Waals surface area contributed by atoms with Crippen molar-refractivity contribution in [1.29, 1.82) is 0 Å². The highest BCUT2D eigenvalue weighted by atomic mass is 32.1. The molecule has 0 unspecified atom stereocenters. The van der Waals surface area contributed by atoms with Crippen molar-refractivity contribution in [3.05, 3.63) is 28.5 Å². The number of allylic oxidation sites excluding steroid dienone is 1. The maximum absolute atomic E-state index is 13.0. The second kappa shape index (κ2) is 7.07. The minimum Gasteiger partial charge on any atom is -0.377 e. The average molecular weight is 374 g/mol. The van der Waals surface area contributed by atoms with E-state index in [-0.39, 0.29) is 36.4 Å². The van der Waals surface area contributed by atoms with Crippen molar-refractivity contribution in [2.24, 2.45) is 0 Å². The molecule has 2 aromatic rings. The SMILES string of the molecule is COCc1nn2c(CNC/C=C/C(F)(F)F)c(C(F)(F)F)nc2s1. The standard InChI is InChI=1S/C12H12F6N4OS/c1-23-6-8-21-22-7(5-19-4-2-3-11(13,14)15)9(12(16,17)18)20-10(22)24-8/h2-3,19H,4-6H2,1H3/b3-2+. The maximum atomic E-state index is 13.0. The van der Waals surface area contributed by atoms with E-state index in [2.05, 4.69) is 15.4 Å². The molecule has 0 saturated heterocycles. The van der Waals surface area contributed by atoms with Crippen LogP contribution in [0.25, 0.3) is 4.96 Å². The molecule has 24 heavy (non-hydrogen) atoms. The number of nitrogens with zero attached hydrogens (tertiary/aromatic N) is 3. The summed E-state index contributed by atoms with van der Waals surface area (Å²) in [6, 6.07) is 0. The van der Waals surface area contributed by atoms with E-state index >= 15 is 0 Å². The van der Waals surface area contributed by atoms with Gasteiger partial charge in [-0.05, 0) is 0 Å². The quantitative estimate of drug-likeness (QED) is 0.480. The Bertz CT molecular complexity index is 717. The molecule has 1 N–H and O–H groups in total. The molecule has 0 saturated carbocycles. The number of hydrogen-bond donors (Lipinski definition) is 1. The number of ether oxygens (including phenoxy) is 1. The number of halogens is 6. The third kappa shape index (κ3) is 4.68. The predicted octanol–water partition coefficient (Wildman–Crippen LogP) is 3.16. The van der Waals surface area contributed by atoms with Crippen molar-refractivity contribution < 1.29 is 31.1 Å². The van der Waals surface area contributed by atoms with Gasteiger partial charge in [-0.1, -0.05) is 17.4 Å². The first-order valence-electron chi connectivity index (χ1n) is 6.50. The van der Waals surface area contributed by atoms with Crippen LogP contribution in [0.4, 0.5) is 26.3 Å². The molecule has 0 aliphatic rings. The molecular weight excluding hydrogens is 362 g/mol. The van der Waals surface area contributed by atoms with Crippen LogP contribution in [0, 0.1) is 0 Å². The molecule has 0 fully saturated rings. The van der Waals surface area contributed by atoms with Crippen LogP contribution in [0.15, 0.2) is 12.2 Å². The second-order valence-corrected chi connectivity index (χ2v) is 5.64. The Labute approximate surface area is 135 Å². The lowest BCUT2D eigenvalue weighted by molar-refractivity contribution is -0.141. The Hall–Kier alpha value is -1.66. The van der Waals surface area contributed by atoms with E-state index in [9.17, 15) is 26.3 Å². The summed E-state index contributed by atoms with van der Waals surface area (Å²) in [7, 11) is 1.42. The lowest BCUT2D eigenvalue weighted by atomic mass is 10.3. The first-order chi connectivity index (χ1) is 11.1. The normalized spacial score (nSPS) is 13.5. The molecular formula is C12H12F6N4OS. The number of alkyl halides is 6. The monoisotopic (exact) mass is 374 g/mol. The maximum Gasteiger partial charge on any atom is 0.435 e. The summed E-state index contributed by atoms with van der Waals surface area (Å²) in [5, 5.41) is 6.91. The highest BCUT2D eigenvalue weighted by Gasteiger charge is 2.38. The first kappa shape index (κ1) is 18.7. The highest BCUT2D eigenvalue weighted by Crippen LogP contribution is 2.33. The summed E-state index contributed by atoms with van der Waals surface area (Å²) in [4.78, 5) is 3.56. The van der Waals surface area contributed by atoms with E-state index < -0.39 is 18.0 Å². The van der Waals surface area contributed by atoms with Crippen molar-refractivity contribution >= 4 is 16.3 Å². The van der Waals surface area contributed by atoms with Crippen LogP contribution >= 0.6 is 11.3 Å². The number of rotatable bonds is 6. The molecule has 0 aliphatic heterocycles. The third-order valence-corrected chi connectivity index (χ3v) is 3.62. The van der Waals surface area contributed by atoms with Crippen LogP contribution < -0.4 is 5.32 Å². The van der Waals surface area contributed by atoms with E-state index in [1.54, 1.807) is 0 Å². The van der Waals surface area contributed by atoms with Crippen molar-refractivity contribution in [3.8, 4) is 0 Å². The van der Waals surface area contributed by atoms with Crippen LogP contribution in [0.5, 0.6) is 0 Å². The number of nitrogens with one attached hydrogen (secondary N) is 1. The number of methoxy groups -OCH3 is 1. The van der Waals surface area contributed by atoms with E-state index in [4.69, 9.17) is 4.74 Å². The highest BCUT2D eigenvalue weighted by molar-refractivity contribution is 7.16. The molecule has 2 rings (SSSR count). The van der Waals surface area contributed by atoms with Gasteiger partial charge in [-0.3, -0.25) is 0 Å². The van der Waals surface area contributed by atoms with Gasteiger partial charge < -0.3 is 10.1 Å². The number of fused-ring (bicyclic) bond motifs is 1. The van der Waals surface area contributed by atoms with Crippen molar-refractivity contribution in [2.75, 3.05) is 13.7 Å². The summed E-state index contributed by atoms with van der Waals surface area (Å²) in [6.45, 7) is -0.468. The van der Waals surface area contributed by atoms with Crippen molar-refractivity contribution in [3.63, 3.8) is 0 Å². The Morgan fingerprint density at radius 3 is 2.54 bits per heavy atom. The molecule has 2 heterocycles. The fraction of sp³-hybridized carbons (Fsp3) is 0.500. The predicted molar refractivity (Wildman–Crippen MR) is 73.5 cm³/mol. The van der Waals surface area contributed by atoms with Gasteiger partial charge in [0.05, 0.1) is 12.3 Å².